The number of hydrogen-bond acceptors (Lipinski definition) is 4. The molecule has 1 atom stereocenters. The first-order valence-corrected chi connectivity index (χ1v) is 7.47. The normalized spacial score (nSPS) is 17.5. The van der Waals surface area contributed by atoms with Crippen LogP contribution in [0.3, 0.4) is 0 Å². The van der Waals surface area contributed by atoms with Gasteiger partial charge in [-0.25, -0.2) is 4.85 Å². The molecule has 0 aliphatic carbocycles. The van der Waals surface area contributed by atoms with Gasteiger partial charge in [0.2, 0.25) is 11.6 Å². The fourth-order valence-electron chi connectivity index (χ4n) is 2.94. The zero-order valence-corrected chi connectivity index (χ0v) is 12.5. The number of anilines is 1. The van der Waals surface area contributed by atoms with Gasteiger partial charge in [0.05, 0.1) is 18.3 Å². The van der Waals surface area contributed by atoms with Gasteiger partial charge in [-0.1, -0.05) is 0 Å². The molecule has 1 amide bonds. The Kier molecular flexibility index (Phi) is 4.11. The van der Waals surface area contributed by atoms with E-state index in [9.17, 15) is 4.79 Å². The quantitative estimate of drug-likeness (QED) is 0.852. The number of nitriles is 1. The van der Waals surface area contributed by atoms with Crippen LogP contribution in [-0.4, -0.2) is 39.9 Å². The number of carbonyl (C=O) groups excluding carboxylic acids is 1. The second-order valence-electron chi connectivity index (χ2n) is 5.53. The molecule has 116 valence electrons. The van der Waals surface area contributed by atoms with Gasteiger partial charge in [-0.05, 0) is 18.9 Å². The Morgan fingerprint density at radius 2 is 2.52 bits per heavy atom. The van der Waals surface area contributed by atoms with Crippen molar-refractivity contribution in [2.75, 3.05) is 18.4 Å². The number of aromatic amines is 1. The molecule has 23 heavy (non-hydrogen) atoms. The molecule has 2 N–H and O–H groups in total. The molecular weight excluding hydrogens is 292 g/mol. The summed E-state index contributed by atoms with van der Waals surface area (Å²) in [6, 6.07) is 3.86. The molecule has 0 unspecified atom stereocenters. The van der Waals surface area contributed by atoms with Crippen molar-refractivity contribution in [2.24, 2.45) is 0 Å². The van der Waals surface area contributed by atoms with E-state index in [0.29, 0.717) is 18.8 Å². The average molecular weight is 308 g/mol. The molecular formula is C16H16N6O. The standard InChI is InChI=1S/C16H16N6O/c1-18-13-9-20-16-12(5-7-19-16)15(13)21-11-3-2-8-22(10-11)14(23)4-6-17/h5,7,9,11H,2-4,8,10H2,(H2,19,20,21)/t11-/m1/s1. The van der Waals surface area contributed by atoms with Crippen LogP contribution in [0, 0.1) is 17.9 Å². The minimum atomic E-state index is -0.133. The molecule has 2 aromatic rings. The van der Waals surface area contributed by atoms with Crippen LogP contribution in [-0.2, 0) is 4.79 Å². The number of aromatic nitrogens is 2. The number of likely N-dealkylation sites (tertiary alicyclic amines) is 1. The minimum absolute atomic E-state index is 0.0624. The van der Waals surface area contributed by atoms with Crippen LogP contribution in [0.4, 0.5) is 11.4 Å². The van der Waals surface area contributed by atoms with Crippen molar-refractivity contribution >= 4 is 28.3 Å². The number of hydrogen-bond donors (Lipinski definition) is 2. The van der Waals surface area contributed by atoms with Gasteiger partial charge in [0.1, 0.15) is 12.1 Å². The summed E-state index contributed by atoms with van der Waals surface area (Å²) < 4.78 is 0. The molecule has 7 heteroatoms. The third-order valence-electron chi connectivity index (χ3n) is 4.04. The Balaban J connectivity index is 1.82. The fraction of sp³-hybridized carbons (Fsp3) is 0.375. The molecule has 0 radical (unpaired) electrons. The zero-order chi connectivity index (χ0) is 16.2. The maximum atomic E-state index is 11.9. The highest BCUT2D eigenvalue weighted by atomic mass is 16.2. The molecule has 1 aliphatic rings. The average Bonchev–Trinajstić information content (AvgIpc) is 3.05. The molecule has 3 rings (SSSR count). The van der Waals surface area contributed by atoms with Gasteiger partial charge in [-0.15, -0.1) is 0 Å². The van der Waals surface area contributed by atoms with E-state index in [1.807, 2.05) is 12.1 Å². The molecule has 2 aromatic heterocycles. The van der Waals surface area contributed by atoms with Crippen molar-refractivity contribution in [1.29, 1.82) is 5.26 Å². The first-order valence-electron chi connectivity index (χ1n) is 7.47. The summed E-state index contributed by atoms with van der Waals surface area (Å²) in [5, 5.41) is 13.0. The number of carbonyl (C=O) groups is 1. The van der Waals surface area contributed by atoms with E-state index in [1.165, 1.54) is 0 Å². The summed E-state index contributed by atoms with van der Waals surface area (Å²) in [5.74, 6) is -0.133. The molecule has 0 saturated carbocycles. The van der Waals surface area contributed by atoms with Gasteiger partial charge < -0.3 is 15.2 Å². The highest BCUT2D eigenvalue weighted by molar-refractivity contribution is 5.96. The van der Waals surface area contributed by atoms with Crippen LogP contribution in [0.1, 0.15) is 19.3 Å². The number of amides is 1. The first kappa shape index (κ1) is 14.9. The maximum Gasteiger partial charge on any atom is 0.236 e. The number of rotatable bonds is 3. The van der Waals surface area contributed by atoms with E-state index < -0.39 is 0 Å². The van der Waals surface area contributed by atoms with Crippen molar-refractivity contribution in [2.45, 2.75) is 25.3 Å². The van der Waals surface area contributed by atoms with E-state index in [0.717, 1.165) is 29.6 Å². The maximum absolute atomic E-state index is 11.9. The van der Waals surface area contributed by atoms with Gasteiger partial charge in [0.25, 0.3) is 0 Å². The molecule has 1 saturated heterocycles. The summed E-state index contributed by atoms with van der Waals surface area (Å²) in [6.07, 6.45) is 5.05. The number of H-pyrrole nitrogens is 1. The van der Waals surface area contributed by atoms with Gasteiger partial charge in [0, 0.05) is 36.9 Å². The van der Waals surface area contributed by atoms with Crippen molar-refractivity contribution in [3.63, 3.8) is 0 Å². The van der Waals surface area contributed by atoms with Crippen LogP contribution < -0.4 is 5.32 Å². The van der Waals surface area contributed by atoms with Crippen LogP contribution in [0.15, 0.2) is 18.5 Å². The van der Waals surface area contributed by atoms with Crippen LogP contribution in [0.25, 0.3) is 15.9 Å². The Bertz CT molecular complexity index is 812. The molecule has 0 spiro atoms. The van der Waals surface area contributed by atoms with Crippen molar-refractivity contribution < 1.29 is 4.79 Å². The SMILES string of the molecule is [C-]#[N+]c1cnc2[nH]ccc2c1N[C@@H]1CCCN(C(=O)CC#N)C1. The third-order valence-corrected chi connectivity index (χ3v) is 4.04. The number of nitrogens with zero attached hydrogens (tertiary/aromatic N) is 4. The monoisotopic (exact) mass is 308 g/mol. The third kappa shape index (κ3) is 2.95. The lowest BCUT2D eigenvalue weighted by atomic mass is 10.0. The summed E-state index contributed by atoms with van der Waals surface area (Å²) >= 11 is 0. The zero-order valence-electron chi connectivity index (χ0n) is 12.5. The van der Waals surface area contributed by atoms with Gasteiger partial charge in [-0.2, -0.15) is 5.26 Å². The largest absolute Gasteiger partial charge is 0.388 e. The summed E-state index contributed by atoms with van der Waals surface area (Å²) in [6.45, 7) is 8.56. The molecule has 7 nitrogen and oxygen atoms in total. The Morgan fingerprint density at radius 3 is 3.30 bits per heavy atom. The molecule has 1 aliphatic heterocycles. The fourth-order valence-corrected chi connectivity index (χ4v) is 2.94. The van der Waals surface area contributed by atoms with E-state index in [-0.39, 0.29) is 18.4 Å². The van der Waals surface area contributed by atoms with E-state index in [4.69, 9.17) is 11.8 Å². The topological polar surface area (TPSA) is 89.2 Å². The molecule has 1 fully saturated rings. The van der Waals surface area contributed by atoms with Crippen molar-refractivity contribution in [3.8, 4) is 6.07 Å². The lowest BCUT2D eigenvalue weighted by molar-refractivity contribution is -0.131. The molecule has 0 bridgehead atoms. The lowest BCUT2D eigenvalue weighted by Gasteiger charge is -2.33. The smallest absolute Gasteiger partial charge is 0.236 e. The number of piperidine rings is 1. The highest BCUT2D eigenvalue weighted by Gasteiger charge is 2.24. The predicted molar refractivity (Wildman–Crippen MR) is 85.8 cm³/mol. The van der Waals surface area contributed by atoms with E-state index >= 15 is 0 Å². The highest BCUT2D eigenvalue weighted by Crippen LogP contribution is 2.33. The van der Waals surface area contributed by atoms with Crippen molar-refractivity contribution in [1.82, 2.24) is 14.9 Å². The van der Waals surface area contributed by atoms with Crippen molar-refractivity contribution in [3.05, 3.63) is 29.9 Å². The van der Waals surface area contributed by atoms with Gasteiger partial charge in [-0.3, -0.25) is 9.78 Å². The minimum Gasteiger partial charge on any atom is -0.388 e. The van der Waals surface area contributed by atoms with Gasteiger partial charge >= 0.3 is 0 Å². The van der Waals surface area contributed by atoms with Crippen LogP contribution in [0.5, 0.6) is 0 Å². The van der Waals surface area contributed by atoms with E-state index in [2.05, 4.69) is 20.1 Å². The Labute approximate surface area is 133 Å². The summed E-state index contributed by atoms with van der Waals surface area (Å²) in [4.78, 5) is 24.4. The number of nitrogens with one attached hydrogen (secondary N) is 2. The van der Waals surface area contributed by atoms with Gasteiger partial charge in [0.15, 0.2) is 0 Å². The summed E-state index contributed by atoms with van der Waals surface area (Å²) in [5.41, 5.74) is 1.96. The number of fused-ring (bicyclic) bond motifs is 1. The first-order chi connectivity index (χ1) is 11.2. The molecule has 0 aromatic carbocycles. The summed E-state index contributed by atoms with van der Waals surface area (Å²) in [7, 11) is 0. The second kappa shape index (κ2) is 6.37. The molecule has 3 heterocycles. The number of pyridine rings is 1. The predicted octanol–water partition coefficient (Wildman–Crippen LogP) is 2.43. The van der Waals surface area contributed by atoms with Crippen LogP contribution >= 0.6 is 0 Å². The van der Waals surface area contributed by atoms with E-state index in [1.54, 1.807) is 17.3 Å². The van der Waals surface area contributed by atoms with Crippen LogP contribution in [0.2, 0.25) is 0 Å². The Hall–Kier alpha value is -3.06. The lowest BCUT2D eigenvalue weighted by Crippen LogP contribution is -2.45. The Morgan fingerprint density at radius 1 is 1.65 bits per heavy atom. The second-order valence-corrected chi connectivity index (χ2v) is 5.53.